The molecule has 3 aromatic rings. The number of hydrogen-bond acceptors (Lipinski definition) is 4. The molecule has 3 heterocycles. The van der Waals surface area contributed by atoms with Gasteiger partial charge in [0.25, 0.3) is 5.91 Å². The van der Waals surface area contributed by atoms with Gasteiger partial charge in [-0.3, -0.25) is 15.1 Å². The number of benzene rings is 1. The highest BCUT2D eigenvalue weighted by atomic mass is 16.4. The van der Waals surface area contributed by atoms with Gasteiger partial charge in [-0.25, -0.2) is 10.2 Å². The van der Waals surface area contributed by atoms with Crippen LogP contribution in [0, 0.1) is 0 Å². The number of anilines is 1. The fraction of sp³-hybridized carbons (Fsp3) is 0. The summed E-state index contributed by atoms with van der Waals surface area (Å²) in [4.78, 5) is 30.7. The Hall–Kier alpha value is -3.68. The lowest BCUT2D eigenvalue weighted by atomic mass is 10.0. The predicted octanol–water partition coefficient (Wildman–Crippen LogP) is 2.40. The number of hydrogen-bond donors (Lipinski definition) is 4. The predicted molar refractivity (Wildman–Crippen MR) is 88.2 cm³/mol. The monoisotopic (exact) mass is 321 g/mol. The van der Waals surface area contributed by atoms with E-state index < -0.39 is 12.0 Å². The summed E-state index contributed by atoms with van der Waals surface area (Å²) in [5.74, 6) is -0.407. The molecule has 8 heteroatoms. The zero-order chi connectivity index (χ0) is 16.7. The van der Waals surface area contributed by atoms with E-state index in [2.05, 4.69) is 25.8 Å². The summed E-state index contributed by atoms with van der Waals surface area (Å²) in [5, 5.41) is 15.8. The number of hydrazone groups is 1. The molecule has 4 N–H and O–H groups in total. The summed E-state index contributed by atoms with van der Waals surface area (Å²) >= 11 is 0. The fourth-order valence-electron chi connectivity index (χ4n) is 2.79. The van der Waals surface area contributed by atoms with Crippen molar-refractivity contribution >= 4 is 34.8 Å². The third-order valence-electron chi connectivity index (χ3n) is 3.71. The fourth-order valence-corrected chi connectivity index (χ4v) is 2.79. The lowest BCUT2D eigenvalue weighted by Gasteiger charge is -2.05. The Morgan fingerprint density at radius 1 is 1.25 bits per heavy atom. The summed E-state index contributed by atoms with van der Waals surface area (Å²) in [7, 11) is 0. The molecule has 0 bridgehead atoms. The standard InChI is InChI=1S/C16H11N5O3/c22-15-9-5-8(19-16(23)24)6-12-13(9)10(7-18-21-15)14(20-12)11-3-1-2-4-17-11/h1-7,19-20H,(H,21,22)(H,23,24). The summed E-state index contributed by atoms with van der Waals surface area (Å²) in [5.41, 5.74) is 5.79. The average molecular weight is 321 g/mol. The number of nitrogens with zero attached hydrogens (tertiary/aromatic N) is 2. The van der Waals surface area contributed by atoms with Crippen molar-refractivity contribution in [3.05, 3.63) is 47.7 Å². The smallest absolute Gasteiger partial charge is 0.409 e. The molecule has 24 heavy (non-hydrogen) atoms. The van der Waals surface area contributed by atoms with Crippen LogP contribution in [-0.2, 0) is 0 Å². The number of H-pyrrole nitrogens is 1. The van der Waals surface area contributed by atoms with Crippen LogP contribution in [0.1, 0.15) is 15.9 Å². The van der Waals surface area contributed by atoms with E-state index in [9.17, 15) is 9.59 Å². The number of nitrogens with one attached hydrogen (secondary N) is 3. The second kappa shape index (κ2) is 5.20. The maximum atomic E-state index is 12.2. The van der Waals surface area contributed by atoms with Gasteiger partial charge in [-0.1, -0.05) is 6.07 Å². The van der Waals surface area contributed by atoms with Crippen molar-refractivity contribution in [1.29, 1.82) is 0 Å². The highest BCUT2D eigenvalue weighted by Gasteiger charge is 2.22. The summed E-state index contributed by atoms with van der Waals surface area (Å²) in [6.45, 7) is 0. The first-order valence-corrected chi connectivity index (χ1v) is 7.08. The van der Waals surface area contributed by atoms with Gasteiger partial charge in [0.1, 0.15) is 0 Å². The van der Waals surface area contributed by atoms with Gasteiger partial charge >= 0.3 is 6.09 Å². The summed E-state index contributed by atoms with van der Waals surface area (Å²) < 4.78 is 0. The molecule has 1 aromatic carbocycles. The summed E-state index contributed by atoms with van der Waals surface area (Å²) in [6, 6.07) is 8.63. The maximum absolute atomic E-state index is 12.2. The Labute approximate surface area is 135 Å². The molecule has 0 unspecified atom stereocenters. The molecular weight excluding hydrogens is 310 g/mol. The zero-order valence-electron chi connectivity index (χ0n) is 12.2. The molecule has 8 nitrogen and oxygen atoms in total. The van der Waals surface area contributed by atoms with Crippen LogP contribution in [-0.4, -0.2) is 33.3 Å². The van der Waals surface area contributed by atoms with Gasteiger partial charge in [0.05, 0.1) is 23.2 Å². The van der Waals surface area contributed by atoms with Gasteiger partial charge in [0, 0.05) is 28.4 Å². The van der Waals surface area contributed by atoms with Gasteiger partial charge in [0.2, 0.25) is 0 Å². The lowest BCUT2D eigenvalue weighted by Crippen LogP contribution is -2.17. The van der Waals surface area contributed by atoms with Gasteiger partial charge in [-0.15, -0.1) is 0 Å². The van der Waals surface area contributed by atoms with Crippen molar-refractivity contribution in [2.75, 3.05) is 5.32 Å². The number of aromatic amines is 1. The van der Waals surface area contributed by atoms with Crippen molar-refractivity contribution in [2.24, 2.45) is 5.10 Å². The minimum atomic E-state index is -1.21. The van der Waals surface area contributed by atoms with E-state index in [1.54, 1.807) is 18.5 Å². The molecule has 0 saturated heterocycles. The van der Waals surface area contributed by atoms with Crippen LogP contribution in [0.15, 0.2) is 41.6 Å². The number of amides is 2. The van der Waals surface area contributed by atoms with E-state index in [1.807, 2.05) is 18.2 Å². The third-order valence-corrected chi connectivity index (χ3v) is 3.71. The van der Waals surface area contributed by atoms with Crippen LogP contribution in [0.5, 0.6) is 0 Å². The maximum Gasteiger partial charge on any atom is 0.409 e. The second-order valence-corrected chi connectivity index (χ2v) is 5.20. The van der Waals surface area contributed by atoms with E-state index in [-0.39, 0.29) is 0 Å². The summed E-state index contributed by atoms with van der Waals surface area (Å²) in [6.07, 6.45) is 2.02. The SMILES string of the molecule is O=C(O)Nc1cc2c3c(c(-c4ccccn4)[nH]c3c1)C=NNC2=O. The molecule has 0 atom stereocenters. The Balaban J connectivity index is 2.03. The number of rotatable bonds is 2. The number of aromatic nitrogens is 2. The van der Waals surface area contributed by atoms with Gasteiger partial charge in [0.15, 0.2) is 0 Å². The first kappa shape index (κ1) is 13.9. The van der Waals surface area contributed by atoms with E-state index in [1.165, 1.54) is 6.07 Å². The molecule has 0 radical (unpaired) electrons. The van der Waals surface area contributed by atoms with Crippen LogP contribution < -0.4 is 10.7 Å². The minimum absolute atomic E-state index is 0.294. The van der Waals surface area contributed by atoms with Crippen LogP contribution in [0.4, 0.5) is 10.5 Å². The molecule has 4 rings (SSSR count). The Bertz CT molecular complexity index is 1010. The molecule has 2 amide bonds. The molecule has 118 valence electrons. The highest BCUT2D eigenvalue weighted by Crippen LogP contribution is 2.33. The van der Waals surface area contributed by atoms with Crippen LogP contribution in [0.2, 0.25) is 0 Å². The Kier molecular flexibility index (Phi) is 3.02. The van der Waals surface area contributed by atoms with Crippen molar-refractivity contribution < 1.29 is 14.7 Å². The topological polar surface area (TPSA) is 119 Å². The van der Waals surface area contributed by atoms with Crippen molar-refractivity contribution in [3.63, 3.8) is 0 Å². The average Bonchev–Trinajstić information content (AvgIpc) is 2.84. The van der Waals surface area contributed by atoms with Crippen LogP contribution in [0.25, 0.3) is 22.3 Å². The molecule has 1 aliphatic rings. The van der Waals surface area contributed by atoms with Crippen LogP contribution in [0.3, 0.4) is 0 Å². The van der Waals surface area contributed by atoms with E-state index in [0.717, 1.165) is 5.56 Å². The number of pyridine rings is 1. The highest BCUT2D eigenvalue weighted by molar-refractivity contribution is 6.18. The molecule has 0 spiro atoms. The van der Waals surface area contributed by atoms with Gasteiger partial charge in [-0.2, -0.15) is 5.10 Å². The Morgan fingerprint density at radius 3 is 2.88 bits per heavy atom. The number of carboxylic acid groups (broad SMARTS) is 1. The first-order valence-electron chi connectivity index (χ1n) is 7.08. The number of carbonyl (C=O) groups excluding carboxylic acids is 1. The molecule has 0 saturated carbocycles. The van der Waals surface area contributed by atoms with Crippen LogP contribution >= 0.6 is 0 Å². The molecule has 1 aliphatic heterocycles. The first-order chi connectivity index (χ1) is 11.6. The van der Waals surface area contributed by atoms with Crippen molar-refractivity contribution in [2.45, 2.75) is 0 Å². The van der Waals surface area contributed by atoms with Gasteiger partial charge < -0.3 is 10.1 Å². The largest absolute Gasteiger partial charge is 0.465 e. The third kappa shape index (κ3) is 2.17. The second-order valence-electron chi connectivity index (χ2n) is 5.20. The number of carbonyl (C=O) groups is 2. The minimum Gasteiger partial charge on any atom is -0.465 e. The Morgan fingerprint density at radius 2 is 2.12 bits per heavy atom. The molecule has 2 aromatic heterocycles. The quantitative estimate of drug-likeness (QED) is 0.579. The van der Waals surface area contributed by atoms with E-state index >= 15 is 0 Å². The van der Waals surface area contributed by atoms with E-state index in [4.69, 9.17) is 5.11 Å². The molecule has 0 fully saturated rings. The van der Waals surface area contributed by atoms with Crippen molar-refractivity contribution in [1.82, 2.24) is 15.4 Å². The van der Waals surface area contributed by atoms with Gasteiger partial charge in [-0.05, 0) is 24.3 Å². The molecule has 0 aliphatic carbocycles. The normalized spacial score (nSPS) is 12.8. The molecular formula is C16H11N5O3. The zero-order valence-corrected chi connectivity index (χ0v) is 12.2. The van der Waals surface area contributed by atoms with Crippen molar-refractivity contribution in [3.8, 4) is 11.4 Å². The van der Waals surface area contributed by atoms with E-state index in [0.29, 0.717) is 33.5 Å². The lowest BCUT2D eigenvalue weighted by molar-refractivity contribution is 0.0957.